The molecule has 0 spiro atoms. The molecule has 1 aromatic carbocycles. The Hall–Kier alpha value is -2.08. The van der Waals surface area contributed by atoms with Crippen molar-refractivity contribution < 1.29 is 9.59 Å². The summed E-state index contributed by atoms with van der Waals surface area (Å²) in [5.74, 6) is 0.0825. The summed E-state index contributed by atoms with van der Waals surface area (Å²) >= 11 is 0. The summed E-state index contributed by atoms with van der Waals surface area (Å²) < 4.78 is 0. The Balaban J connectivity index is 1.70. The van der Waals surface area contributed by atoms with Gasteiger partial charge in [0.1, 0.15) is 6.04 Å². The molecule has 6 nitrogen and oxygen atoms in total. The van der Waals surface area contributed by atoms with Crippen molar-refractivity contribution in [3.63, 3.8) is 0 Å². The van der Waals surface area contributed by atoms with Gasteiger partial charge in [-0.2, -0.15) is 0 Å². The molecule has 1 aromatic rings. The molecule has 0 bridgehead atoms. The molecular weight excluding hydrogens is 316 g/mol. The topological polar surface area (TPSA) is 47.1 Å². The van der Waals surface area contributed by atoms with Crippen molar-refractivity contribution in [2.75, 3.05) is 58.8 Å². The highest BCUT2D eigenvalue weighted by Crippen LogP contribution is 2.23. The Kier molecular flexibility index (Phi) is 5.27. The number of likely N-dealkylation sites (N-methyl/N-ethyl adjacent to an activating group) is 1. The van der Waals surface area contributed by atoms with Gasteiger partial charge in [-0.05, 0) is 44.2 Å². The van der Waals surface area contributed by atoms with Gasteiger partial charge in [0.25, 0.3) is 5.91 Å². The van der Waals surface area contributed by atoms with Gasteiger partial charge in [0, 0.05) is 58.1 Å². The van der Waals surface area contributed by atoms with Crippen LogP contribution in [-0.2, 0) is 4.79 Å². The average Bonchev–Trinajstić information content (AvgIpc) is 3.11. The minimum absolute atomic E-state index is 0.0321. The fourth-order valence-corrected chi connectivity index (χ4v) is 3.57. The maximum atomic E-state index is 12.9. The molecule has 6 heteroatoms. The number of piperazine rings is 1. The lowest BCUT2D eigenvalue weighted by Crippen LogP contribution is -2.53. The first-order valence-corrected chi connectivity index (χ1v) is 9.03. The summed E-state index contributed by atoms with van der Waals surface area (Å²) in [5, 5.41) is 0. The van der Waals surface area contributed by atoms with Crippen LogP contribution in [0.15, 0.2) is 24.3 Å². The fourth-order valence-electron chi connectivity index (χ4n) is 3.57. The lowest BCUT2D eigenvalue weighted by Gasteiger charge is -2.35. The maximum absolute atomic E-state index is 12.9. The molecule has 0 radical (unpaired) electrons. The van der Waals surface area contributed by atoms with E-state index in [2.05, 4.69) is 11.9 Å². The van der Waals surface area contributed by atoms with E-state index in [1.807, 2.05) is 48.2 Å². The molecular formula is C19H28N4O2. The quantitative estimate of drug-likeness (QED) is 0.825. The van der Waals surface area contributed by atoms with Gasteiger partial charge in [0.05, 0.1) is 0 Å². The van der Waals surface area contributed by atoms with E-state index >= 15 is 0 Å². The van der Waals surface area contributed by atoms with Crippen molar-refractivity contribution in [2.45, 2.75) is 18.9 Å². The SMILES string of the molecule is CN1CCN(C(=O)C2CCCN2C(=O)c2ccc(N(C)C)cc2)CC1. The van der Waals surface area contributed by atoms with Crippen LogP contribution in [0.3, 0.4) is 0 Å². The first-order chi connectivity index (χ1) is 12.0. The number of amides is 2. The van der Waals surface area contributed by atoms with Crippen molar-refractivity contribution in [3.8, 4) is 0 Å². The first kappa shape index (κ1) is 17.7. The summed E-state index contributed by atoms with van der Waals surface area (Å²) in [6, 6.07) is 7.30. The minimum Gasteiger partial charge on any atom is -0.378 e. The predicted molar refractivity (Wildman–Crippen MR) is 98.9 cm³/mol. The van der Waals surface area contributed by atoms with Crippen LogP contribution in [0, 0.1) is 0 Å². The zero-order valence-corrected chi connectivity index (χ0v) is 15.4. The van der Waals surface area contributed by atoms with Crippen LogP contribution in [0.25, 0.3) is 0 Å². The second-order valence-corrected chi connectivity index (χ2v) is 7.23. The molecule has 2 saturated heterocycles. The molecule has 3 rings (SSSR count). The van der Waals surface area contributed by atoms with Crippen molar-refractivity contribution >= 4 is 17.5 Å². The number of benzene rings is 1. The van der Waals surface area contributed by atoms with Crippen molar-refractivity contribution in [1.82, 2.24) is 14.7 Å². The number of carbonyl (C=O) groups excluding carboxylic acids is 2. The number of carbonyl (C=O) groups is 2. The van der Waals surface area contributed by atoms with E-state index in [0.717, 1.165) is 44.7 Å². The molecule has 0 N–H and O–H groups in total. The minimum atomic E-state index is -0.301. The van der Waals surface area contributed by atoms with Crippen LogP contribution >= 0.6 is 0 Å². The van der Waals surface area contributed by atoms with E-state index in [-0.39, 0.29) is 17.9 Å². The Bertz CT molecular complexity index is 621. The van der Waals surface area contributed by atoms with E-state index < -0.39 is 0 Å². The Morgan fingerprint density at radius 1 is 1.00 bits per heavy atom. The number of anilines is 1. The third kappa shape index (κ3) is 3.79. The van der Waals surface area contributed by atoms with E-state index in [9.17, 15) is 9.59 Å². The molecule has 1 unspecified atom stereocenters. The largest absolute Gasteiger partial charge is 0.378 e. The summed E-state index contributed by atoms with van der Waals surface area (Å²) in [5.41, 5.74) is 1.71. The zero-order chi connectivity index (χ0) is 18.0. The third-order valence-corrected chi connectivity index (χ3v) is 5.24. The number of likely N-dealkylation sites (tertiary alicyclic amines) is 1. The lowest BCUT2D eigenvalue weighted by atomic mass is 10.1. The van der Waals surface area contributed by atoms with Gasteiger partial charge in [-0.1, -0.05) is 0 Å². The van der Waals surface area contributed by atoms with Gasteiger partial charge in [-0.25, -0.2) is 0 Å². The van der Waals surface area contributed by atoms with Crippen molar-refractivity contribution in [3.05, 3.63) is 29.8 Å². The highest BCUT2D eigenvalue weighted by atomic mass is 16.2. The number of rotatable bonds is 3. The van der Waals surface area contributed by atoms with Gasteiger partial charge in [-0.15, -0.1) is 0 Å². The fraction of sp³-hybridized carbons (Fsp3) is 0.579. The summed E-state index contributed by atoms with van der Waals surface area (Å²) in [6.07, 6.45) is 1.67. The lowest BCUT2D eigenvalue weighted by molar-refractivity contribution is -0.136. The highest BCUT2D eigenvalue weighted by Gasteiger charge is 2.37. The zero-order valence-electron chi connectivity index (χ0n) is 15.4. The molecule has 0 saturated carbocycles. The van der Waals surface area contributed by atoms with Gasteiger partial charge in [0.2, 0.25) is 5.91 Å². The smallest absolute Gasteiger partial charge is 0.254 e. The first-order valence-electron chi connectivity index (χ1n) is 9.03. The Labute approximate surface area is 150 Å². The van der Waals surface area contributed by atoms with Crippen molar-refractivity contribution in [2.24, 2.45) is 0 Å². The van der Waals surface area contributed by atoms with Crippen LogP contribution < -0.4 is 4.90 Å². The second kappa shape index (κ2) is 7.44. The molecule has 2 aliphatic heterocycles. The van der Waals surface area contributed by atoms with Gasteiger partial charge in [-0.3, -0.25) is 9.59 Å². The third-order valence-electron chi connectivity index (χ3n) is 5.24. The monoisotopic (exact) mass is 344 g/mol. The van der Waals surface area contributed by atoms with Crippen LogP contribution in [0.5, 0.6) is 0 Å². The van der Waals surface area contributed by atoms with Gasteiger partial charge >= 0.3 is 0 Å². The van der Waals surface area contributed by atoms with Crippen molar-refractivity contribution in [1.29, 1.82) is 0 Å². The molecule has 2 fully saturated rings. The molecule has 1 atom stereocenters. The van der Waals surface area contributed by atoms with Crippen LogP contribution in [0.2, 0.25) is 0 Å². The molecule has 2 heterocycles. The summed E-state index contributed by atoms with van der Waals surface area (Å²) in [6.45, 7) is 3.98. The Morgan fingerprint density at radius 2 is 1.64 bits per heavy atom. The van der Waals surface area contributed by atoms with E-state index in [0.29, 0.717) is 12.1 Å². The van der Waals surface area contributed by atoms with E-state index in [1.54, 1.807) is 4.90 Å². The Morgan fingerprint density at radius 3 is 2.24 bits per heavy atom. The van der Waals surface area contributed by atoms with Crippen LogP contribution in [-0.4, -0.2) is 86.4 Å². The van der Waals surface area contributed by atoms with E-state index in [4.69, 9.17) is 0 Å². The maximum Gasteiger partial charge on any atom is 0.254 e. The molecule has 136 valence electrons. The van der Waals surface area contributed by atoms with Gasteiger partial charge < -0.3 is 19.6 Å². The number of nitrogens with zero attached hydrogens (tertiary/aromatic N) is 4. The molecule has 25 heavy (non-hydrogen) atoms. The number of hydrogen-bond acceptors (Lipinski definition) is 4. The molecule has 2 amide bonds. The number of hydrogen-bond donors (Lipinski definition) is 0. The molecule has 2 aliphatic rings. The standard InChI is InChI=1S/C19H28N4O2/c1-20(2)16-8-6-15(7-9-16)18(24)23-10-4-5-17(23)19(25)22-13-11-21(3)12-14-22/h6-9,17H,4-5,10-14H2,1-3H3. The van der Waals surface area contributed by atoms with E-state index in [1.165, 1.54) is 0 Å². The normalized spacial score (nSPS) is 21.5. The summed E-state index contributed by atoms with van der Waals surface area (Å²) in [7, 11) is 6.02. The van der Waals surface area contributed by atoms with Gasteiger partial charge in [0.15, 0.2) is 0 Å². The summed E-state index contributed by atoms with van der Waals surface area (Å²) in [4.78, 5) is 33.7. The highest BCUT2D eigenvalue weighted by molar-refractivity contribution is 5.98. The predicted octanol–water partition coefficient (Wildman–Crippen LogP) is 1.13. The van der Waals surface area contributed by atoms with Crippen LogP contribution in [0.4, 0.5) is 5.69 Å². The molecule has 0 aromatic heterocycles. The van der Waals surface area contributed by atoms with Crippen LogP contribution in [0.1, 0.15) is 23.2 Å². The second-order valence-electron chi connectivity index (χ2n) is 7.23. The average molecular weight is 344 g/mol. The molecule has 0 aliphatic carbocycles.